The number of hydrogen-bond donors (Lipinski definition) is 2. The first-order chi connectivity index (χ1) is 9.56. The Kier molecular flexibility index (Phi) is 4.70. The maximum atomic E-state index is 12.1. The zero-order valence-corrected chi connectivity index (χ0v) is 12.6. The molecule has 0 radical (unpaired) electrons. The number of nitrogens with two attached hydrogens (primary N) is 1. The van der Waals surface area contributed by atoms with Crippen LogP contribution >= 0.6 is 12.2 Å². The number of pyridine rings is 1. The highest BCUT2D eigenvalue weighted by Gasteiger charge is 2.32. The van der Waals surface area contributed by atoms with E-state index in [-0.39, 0.29) is 11.3 Å². The molecule has 0 atom stereocenters. The van der Waals surface area contributed by atoms with Crippen molar-refractivity contribution >= 4 is 23.1 Å². The molecule has 20 heavy (non-hydrogen) atoms. The fourth-order valence-electron chi connectivity index (χ4n) is 2.81. The van der Waals surface area contributed by atoms with Crippen molar-refractivity contribution < 1.29 is 4.79 Å². The normalized spacial score (nSPS) is 16.9. The van der Waals surface area contributed by atoms with Crippen molar-refractivity contribution in [2.75, 3.05) is 6.54 Å². The van der Waals surface area contributed by atoms with Crippen molar-refractivity contribution in [3.63, 3.8) is 0 Å². The lowest BCUT2D eigenvalue weighted by Gasteiger charge is -2.27. The summed E-state index contributed by atoms with van der Waals surface area (Å²) in [6, 6.07) is 3.40. The van der Waals surface area contributed by atoms with Crippen LogP contribution in [0.5, 0.6) is 0 Å². The number of nitrogens with zero attached hydrogens (tertiary/aromatic N) is 1. The standard InChI is InChI=1S/C15H21N3OS/c1-2-15(7-3-4-8-15)10-18-14(19)12-6-5-11(9-17-12)13(16)20/h5-6,9H,2-4,7-8,10H2,1H3,(H2,16,20)(H,18,19). The number of aromatic nitrogens is 1. The first-order valence-corrected chi connectivity index (χ1v) is 7.51. The highest BCUT2D eigenvalue weighted by atomic mass is 32.1. The number of hydrogen-bond acceptors (Lipinski definition) is 3. The second-order valence-electron chi connectivity index (χ2n) is 5.54. The third-order valence-corrected chi connectivity index (χ3v) is 4.55. The van der Waals surface area contributed by atoms with E-state index in [4.69, 9.17) is 18.0 Å². The van der Waals surface area contributed by atoms with E-state index in [9.17, 15) is 4.79 Å². The van der Waals surface area contributed by atoms with Gasteiger partial charge in [0.15, 0.2) is 0 Å². The topological polar surface area (TPSA) is 68.0 Å². The third kappa shape index (κ3) is 3.33. The molecule has 1 fully saturated rings. The van der Waals surface area contributed by atoms with Crippen LogP contribution < -0.4 is 11.1 Å². The molecule has 4 nitrogen and oxygen atoms in total. The van der Waals surface area contributed by atoms with Crippen molar-refractivity contribution in [3.8, 4) is 0 Å². The van der Waals surface area contributed by atoms with Gasteiger partial charge in [0, 0.05) is 18.3 Å². The first kappa shape index (κ1) is 14.9. The van der Waals surface area contributed by atoms with Gasteiger partial charge >= 0.3 is 0 Å². The molecule has 0 spiro atoms. The van der Waals surface area contributed by atoms with Gasteiger partial charge in [0.2, 0.25) is 0 Å². The van der Waals surface area contributed by atoms with E-state index < -0.39 is 0 Å². The van der Waals surface area contributed by atoms with Crippen molar-refractivity contribution in [1.82, 2.24) is 10.3 Å². The van der Waals surface area contributed by atoms with Crippen LogP contribution in [0.2, 0.25) is 0 Å². The van der Waals surface area contributed by atoms with E-state index in [1.54, 1.807) is 18.3 Å². The molecule has 0 aromatic carbocycles. The van der Waals surface area contributed by atoms with E-state index in [0.717, 1.165) is 13.0 Å². The maximum Gasteiger partial charge on any atom is 0.269 e. The van der Waals surface area contributed by atoms with Gasteiger partial charge in [-0.15, -0.1) is 0 Å². The Morgan fingerprint density at radius 1 is 1.45 bits per heavy atom. The molecule has 1 saturated carbocycles. The predicted octanol–water partition coefficient (Wildman–Crippen LogP) is 2.42. The molecule has 1 aromatic rings. The van der Waals surface area contributed by atoms with Crippen molar-refractivity contribution in [2.24, 2.45) is 11.1 Å². The van der Waals surface area contributed by atoms with Gasteiger partial charge in [-0.05, 0) is 36.8 Å². The lowest BCUT2D eigenvalue weighted by Crippen LogP contribution is -2.36. The molecule has 1 aliphatic carbocycles. The summed E-state index contributed by atoms with van der Waals surface area (Å²) < 4.78 is 0. The van der Waals surface area contributed by atoms with Gasteiger partial charge < -0.3 is 11.1 Å². The van der Waals surface area contributed by atoms with Crippen LogP contribution in [0, 0.1) is 5.41 Å². The lowest BCUT2D eigenvalue weighted by molar-refractivity contribution is 0.0924. The molecule has 1 aliphatic rings. The van der Waals surface area contributed by atoms with Crippen LogP contribution in [0.15, 0.2) is 18.3 Å². The first-order valence-electron chi connectivity index (χ1n) is 7.10. The second-order valence-corrected chi connectivity index (χ2v) is 5.98. The highest BCUT2D eigenvalue weighted by Crippen LogP contribution is 2.40. The number of nitrogens with one attached hydrogen (secondary N) is 1. The molecule has 1 aromatic heterocycles. The molecular formula is C15H21N3OS. The van der Waals surface area contributed by atoms with Crippen LogP contribution in [-0.2, 0) is 0 Å². The van der Waals surface area contributed by atoms with Crippen LogP contribution in [0.3, 0.4) is 0 Å². The van der Waals surface area contributed by atoms with E-state index in [1.807, 2.05) is 0 Å². The Hall–Kier alpha value is -1.49. The molecular weight excluding hydrogens is 270 g/mol. The third-order valence-electron chi connectivity index (χ3n) is 4.32. The number of carbonyl (C=O) groups excluding carboxylic acids is 1. The largest absolute Gasteiger partial charge is 0.389 e. The Morgan fingerprint density at radius 2 is 2.15 bits per heavy atom. The molecule has 0 saturated heterocycles. The average Bonchev–Trinajstić information content (AvgIpc) is 2.94. The molecule has 108 valence electrons. The molecule has 3 N–H and O–H groups in total. The van der Waals surface area contributed by atoms with Gasteiger partial charge in [0.25, 0.3) is 5.91 Å². The Balaban J connectivity index is 1.96. The summed E-state index contributed by atoms with van der Waals surface area (Å²) in [6.45, 7) is 2.94. The molecule has 0 bridgehead atoms. The molecule has 1 heterocycles. The van der Waals surface area contributed by atoms with E-state index in [0.29, 0.717) is 16.2 Å². The monoisotopic (exact) mass is 291 g/mol. The Morgan fingerprint density at radius 3 is 2.65 bits per heavy atom. The number of thiocarbonyl (C=S) groups is 1. The summed E-state index contributed by atoms with van der Waals surface area (Å²) in [5, 5.41) is 3.02. The summed E-state index contributed by atoms with van der Waals surface area (Å²) >= 11 is 4.86. The predicted molar refractivity (Wildman–Crippen MR) is 83.6 cm³/mol. The minimum absolute atomic E-state index is 0.126. The fraction of sp³-hybridized carbons (Fsp3) is 0.533. The summed E-state index contributed by atoms with van der Waals surface area (Å²) in [7, 11) is 0. The fourth-order valence-corrected chi connectivity index (χ4v) is 2.93. The van der Waals surface area contributed by atoms with Crippen LogP contribution in [0.25, 0.3) is 0 Å². The molecule has 1 amide bonds. The second kappa shape index (κ2) is 6.31. The van der Waals surface area contributed by atoms with E-state index >= 15 is 0 Å². The summed E-state index contributed by atoms with van der Waals surface area (Å²) in [6.07, 6.45) is 7.61. The number of carbonyl (C=O) groups is 1. The maximum absolute atomic E-state index is 12.1. The van der Waals surface area contributed by atoms with Gasteiger partial charge in [-0.1, -0.05) is 32.0 Å². The van der Waals surface area contributed by atoms with Crippen molar-refractivity contribution in [2.45, 2.75) is 39.0 Å². The molecule has 0 unspecified atom stereocenters. The van der Waals surface area contributed by atoms with Crippen LogP contribution in [-0.4, -0.2) is 22.4 Å². The number of amides is 1. The quantitative estimate of drug-likeness (QED) is 0.818. The van der Waals surface area contributed by atoms with Gasteiger partial charge in [0.1, 0.15) is 10.7 Å². The van der Waals surface area contributed by atoms with Gasteiger partial charge in [-0.25, -0.2) is 0 Å². The van der Waals surface area contributed by atoms with Gasteiger partial charge in [-0.3, -0.25) is 9.78 Å². The summed E-state index contributed by atoms with van der Waals surface area (Å²) in [4.78, 5) is 16.5. The minimum atomic E-state index is -0.126. The summed E-state index contributed by atoms with van der Waals surface area (Å²) in [5.41, 5.74) is 6.88. The van der Waals surface area contributed by atoms with E-state index in [1.165, 1.54) is 25.7 Å². The van der Waals surface area contributed by atoms with Gasteiger partial charge in [0.05, 0.1) is 0 Å². The minimum Gasteiger partial charge on any atom is -0.389 e. The molecule has 0 aliphatic heterocycles. The highest BCUT2D eigenvalue weighted by molar-refractivity contribution is 7.80. The average molecular weight is 291 g/mol. The van der Waals surface area contributed by atoms with Crippen molar-refractivity contribution in [3.05, 3.63) is 29.6 Å². The Bertz CT molecular complexity index is 492. The smallest absolute Gasteiger partial charge is 0.269 e. The molecule has 5 heteroatoms. The molecule has 2 rings (SSSR count). The zero-order valence-electron chi connectivity index (χ0n) is 11.8. The van der Waals surface area contributed by atoms with E-state index in [2.05, 4.69) is 17.2 Å². The number of rotatable bonds is 5. The van der Waals surface area contributed by atoms with Gasteiger partial charge in [-0.2, -0.15) is 0 Å². The summed E-state index contributed by atoms with van der Waals surface area (Å²) in [5.74, 6) is -0.126. The van der Waals surface area contributed by atoms with Crippen molar-refractivity contribution in [1.29, 1.82) is 0 Å². The SMILES string of the molecule is CCC1(CNC(=O)c2ccc(C(N)=S)cn2)CCCC1. The Labute approximate surface area is 125 Å². The van der Waals surface area contributed by atoms with Crippen LogP contribution in [0.1, 0.15) is 55.1 Å². The zero-order chi connectivity index (χ0) is 14.6. The van der Waals surface area contributed by atoms with Crippen LogP contribution in [0.4, 0.5) is 0 Å². The lowest BCUT2D eigenvalue weighted by atomic mass is 9.83.